The SMILES string of the molecule is C=C(C)Cn1cc(C2CCN(CCN3CCC(CNC(=O)c4ccc(-c5ccc(C#N)cc5)cc4)CC3)CC2)c2ccccc21. The molecular formula is C39H45N5O. The van der Waals surface area contributed by atoms with Crippen LogP contribution in [0.3, 0.4) is 0 Å². The third kappa shape index (κ3) is 7.56. The van der Waals surface area contributed by atoms with E-state index in [0.29, 0.717) is 23.0 Å². The Balaban J connectivity index is 0.903. The molecule has 232 valence electrons. The highest BCUT2D eigenvalue weighted by atomic mass is 16.1. The molecule has 6 heteroatoms. The van der Waals surface area contributed by atoms with Crippen molar-refractivity contribution in [1.82, 2.24) is 19.7 Å². The van der Waals surface area contributed by atoms with E-state index < -0.39 is 0 Å². The minimum atomic E-state index is -0.00686. The van der Waals surface area contributed by atoms with Crippen LogP contribution >= 0.6 is 0 Å². The second kappa shape index (κ2) is 14.3. The highest BCUT2D eigenvalue weighted by Gasteiger charge is 2.25. The van der Waals surface area contributed by atoms with Crippen molar-refractivity contribution in [3.05, 3.63) is 108 Å². The van der Waals surface area contributed by atoms with Gasteiger partial charge >= 0.3 is 0 Å². The molecule has 1 aromatic heterocycles. The zero-order chi connectivity index (χ0) is 31.2. The highest BCUT2D eigenvalue weighted by Crippen LogP contribution is 2.35. The Morgan fingerprint density at radius 2 is 1.47 bits per heavy atom. The molecule has 0 unspecified atom stereocenters. The number of para-hydroxylation sites is 1. The number of fused-ring (bicyclic) bond motifs is 1. The zero-order valence-corrected chi connectivity index (χ0v) is 26.5. The molecule has 0 bridgehead atoms. The smallest absolute Gasteiger partial charge is 0.251 e. The van der Waals surface area contributed by atoms with Gasteiger partial charge in [0, 0.05) is 48.8 Å². The number of carbonyl (C=O) groups is 1. The molecule has 2 aliphatic heterocycles. The van der Waals surface area contributed by atoms with Gasteiger partial charge in [0.1, 0.15) is 0 Å². The van der Waals surface area contributed by atoms with Crippen molar-refractivity contribution in [3.8, 4) is 17.2 Å². The lowest BCUT2D eigenvalue weighted by molar-refractivity contribution is 0.0932. The standard InChI is InChI=1S/C39H45N5O/c1-29(2)27-44-28-37(36-5-3-4-6-38(36)44)34-17-21-43(22-18-34)24-23-42-19-15-31(16-20-42)26-41-39(45)35-13-11-33(12-14-35)32-9-7-30(25-40)8-10-32/h3-14,28,31,34H,1,15-24,26-27H2,2H3,(H,41,45). The summed E-state index contributed by atoms with van der Waals surface area (Å²) in [6.45, 7) is 14.7. The number of carbonyl (C=O) groups excluding carboxylic acids is 1. The average Bonchev–Trinajstić information content (AvgIpc) is 3.44. The van der Waals surface area contributed by atoms with Crippen LogP contribution in [0.4, 0.5) is 0 Å². The van der Waals surface area contributed by atoms with Gasteiger partial charge in [-0.25, -0.2) is 0 Å². The van der Waals surface area contributed by atoms with Gasteiger partial charge in [0.25, 0.3) is 5.91 Å². The Bertz CT molecular complexity index is 1650. The van der Waals surface area contributed by atoms with Crippen molar-refractivity contribution in [3.63, 3.8) is 0 Å². The van der Waals surface area contributed by atoms with Gasteiger partial charge < -0.3 is 19.7 Å². The third-order valence-corrected chi connectivity index (χ3v) is 9.77. The number of nitriles is 1. The molecule has 6 rings (SSSR count). The molecule has 45 heavy (non-hydrogen) atoms. The first-order chi connectivity index (χ1) is 22.0. The molecule has 1 N–H and O–H groups in total. The number of amides is 1. The maximum Gasteiger partial charge on any atom is 0.251 e. The largest absolute Gasteiger partial charge is 0.352 e. The number of hydrogen-bond donors (Lipinski definition) is 1. The summed E-state index contributed by atoms with van der Waals surface area (Å²) in [6, 6.07) is 26.2. The van der Waals surface area contributed by atoms with Gasteiger partial charge in [0.15, 0.2) is 0 Å². The summed E-state index contributed by atoms with van der Waals surface area (Å²) >= 11 is 0. The fourth-order valence-corrected chi connectivity index (χ4v) is 7.08. The summed E-state index contributed by atoms with van der Waals surface area (Å²) in [7, 11) is 0. The van der Waals surface area contributed by atoms with Crippen LogP contribution in [0.1, 0.15) is 60.0 Å². The molecule has 6 nitrogen and oxygen atoms in total. The van der Waals surface area contributed by atoms with Crippen LogP contribution < -0.4 is 5.32 Å². The van der Waals surface area contributed by atoms with Crippen LogP contribution in [-0.2, 0) is 6.54 Å². The van der Waals surface area contributed by atoms with E-state index in [-0.39, 0.29) is 5.91 Å². The van der Waals surface area contributed by atoms with Crippen molar-refractivity contribution in [2.45, 2.75) is 45.1 Å². The summed E-state index contributed by atoms with van der Waals surface area (Å²) in [5.41, 5.74) is 7.44. The molecule has 4 aromatic rings. The van der Waals surface area contributed by atoms with Crippen LogP contribution in [0.25, 0.3) is 22.0 Å². The number of piperidine rings is 2. The van der Waals surface area contributed by atoms with Crippen LogP contribution in [0.5, 0.6) is 0 Å². The normalized spacial score (nSPS) is 16.9. The van der Waals surface area contributed by atoms with Gasteiger partial charge in [-0.1, -0.05) is 54.6 Å². The van der Waals surface area contributed by atoms with E-state index in [2.05, 4.69) is 69.7 Å². The molecular weight excluding hydrogens is 554 g/mol. The van der Waals surface area contributed by atoms with Crippen molar-refractivity contribution >= 4 is 16.8 Å². The number of allylic oxidation sites excluding steroid dienone is 1. The van der Waals surface area contributed by atoms with Gasteiger partial charge in [-0.15, -0.1) is 0 Å². The van der Waals surface area contributed by atoms with E-state index in [0.717, 1.165) is 63.2 Å². The first-order valence-corrected chi connectivity index (χ1v) is 16.5. The molecule has 0 atom stereocenters. The first kappa shape index (κ1) is 30.8. The van der Waals surface area contributed by atoms with Gasteiger partial charge in [-0.05, 0) is 118 Å². The number of aromatic nitrogens is 1. The number of likely N-dealkylation sites (tertiary alicyclic amines) is 2. The lowest BCUT2D eigenvalue weighted by Crippen LogP contribution is -2.43. The highest BCUT2D eigenvalue weighted by molar-refractivity contribution is 5.94. The van der Waals surface area contributed by atoms with Crippen molar-refractivity contribution in [2.24, 2.45) is 5.92 Å². The molecule has 0 aliphatic carbocycles. The van der Waals surface area contributed by atoms with Gasteiger partial charge in [-0.2, -0.15) is 5.26 Å². The fraction of sp³-hybridized carbons (Fsp3) is 0.385. The number of nitrogens with zero attached hydrogens (tertiary/aromatic N) is 4. The Kier molecular flexibility index (Phi) is 9.78. The lowest BCUT2D eigenvalue weighted by Gasteiger charge is -2.36. The Morgan fingerprint density at radius 3 is 2.09 bits per heavy atom. The number of nitrogens with one attached hydrogen (secondary N) is 1. The van der Waals surface area contributed by atoms with E-state index in [1.807, 2.05) is 48.5 Å². The third-order valence-electron chi connectivity index (χ3n) is 9.77. The summed E-state index contributed by atoms with van der Waals surface area (Å²) < 4.78 is 2.38. The molecule has 0 saturated carbocycles. The van der Waals surface area contributed by atoms with Gasteiger partial charge in [0.05, 0.1) is 11.6 Å². The van der Waals surface area contributed by atoms with Crippen molar-refractivity contribution in [2.75, 3.05) is 45.8 Å². The average molecular weight is 600 g/mol. The summed E-state index contributed by atoms with van der Waals surface area (Å²) in [5.74, 6) is 1.16. The predicted octanol–water partition coefficient (Wildman–Crippen LogP) is 7.08. The van der Waals surface area contributed by atoms with Crippen molar-refractivity contribution in [1.29, 1.82) is 5.26 Å². The van der Waals surface area contributed by atoms with Crippen molar-refractivity contribution < 1.29 is 4.79 Å². The minimum Gasteiger partial charge on any atom is -0.352 e. The van der Waals surface area contributed by atoms with E-state index in [1.54, 1.807) is 0 Å². The van der Waals surface area contributed by atoms with Crippen LogP contribution in [0, 0.1) is 17.2 Å². The summed E-state index contributed by atoms with van der Waals surface area (Å²) in [5, 5.41) is 13.6. The summed E-state index contributed by atoms with van der Waals surface area (Å²) in [6.07, 6.45) is 7.10. The van der Waals surface area contributed by atoms with Crippen LogP contribution in [0.2, 0.25) is 0 Å². The van der Waals surface area contributed by atoms with E-state index in [4.69, 9.17) is 5.26 Å². The second-order valence-corrected chi connectivity index (χ2v) is 13.1. The molecule has 3 aromatic carbocycles. The topological polar surface area (TPSA) is 64.3 Å². The molecule has 2 aliphatic rings. The maximum absolute atomic E-state index is 12.8. The monoisotopic (exact) mass is 599 g/mol. The van der Waals surface area contributed by atoms with Gasteiger partial charge in [0.2, 0.25) is 0 Å². The van der Waals surface area contributed by atoms with E-state index in [9.17, 15) is 4.79 Å². The molecule has 2 saturated heterocycles. The molecule has 0 spiro atoms. The quantitative estimate of drug-likeness (QED) is 0.198. The number of hydrogen-bond acceptors (Lipinski definition) is 4. The maximum atomic E-state index is 12.8. The van der Waals surface area contributed by atoms with Gasteiger partial charge in [-0.3, -0.25) is 4.79 Å². The fourth-order valence-electron chi connectivity index (χ4n) is 7.08. The molecule has 2 fully saturated rings. The van der Waals surface area contributed by atoms with Crippen LogP contribution in [0.15, 0.2) is 91.1 Å². The Hall–Kier alpha value is -4.18. The van der Waals surface area contributed by atoms with E-state index >= 15 is 0 Å². The number of rotatable bonds is 10. The zero-order valence-electron chi connectivity index (χ0n) is 26.5. The first-order valence-electron chi connectivity index (χ1n) is 16.5. The summed E-state index contributed by atoms with van der Waals surface area (Å²) in [4.78, 5) is 18.1. The predicted molar refractivity (Wildman–Crippen MR) is 183 cm³/mol. The van der Waals surface area contributed by atoms with E-state index in [1.165, 1.54) is 48.0 Å². The minimum absolute atomic E-state index is 0.00686. The molecule has 3 heterocycles. The number of benzene rings is 3. The lowest BCUT2D eigenvalue weighted by atomic mass is 9.89. The second-order valence-electron chi connectivity index (χ2n) is 13.1. The van der Waals surface area contributed by atoms with Crippen LogP contribution in [-0.4, -0.2) is 66.1 Å². The molecule has 0 radical (unpaired) electrons. The Morgan fingerprint density at radius 1 is 0.867 bits per heavy atom. The Labute approximate surface area is 268 Å². The molecule has 1 amide bonds.